The molecule has 0 bridgehead atoms. The second-order valence-corrected chi connectivity index (χ2v) is 5.09. The van der Waals surface area contributed by atoms with Gasteiger partial charge in [-0.05, 0) is 18.6 Å². The molecule has 1 amide bonds. The van der Waals surface area contributed by atoms with Crippen molar-refractivity contribution in [3.8, 4) is 5.69 Å². The third kappa shape index (κ3) is 2.56. The average Bonchev–Trinajstić information content (AvgIpc) is 3.15. The van der Waals surface area contributed by atoms with Gasteiger partial charge in [-0.3, -0.25) is 14.9 Å². The lowest BCUT2D eigenvalue weighted by atomic mass is 10.3. The summed E-state index contributed by atoms with van der Waals surface area (Å²) >= 11 is 0. The molecular weight excluding hydrogens is 288 g/mol. The van der Waals surface area contributed by atoms with Gasteiger partial charge in [-0.1, -0.05) is 12.1 Å². The van der Waals surface area contributed by atoms with Crippen LogP contribution < -0.4 is 0 Å². The summed E-state index contributed by atoms with van der Waals surface area (Å²) < 4.78 is 1.32. The number of carbonyl (C=O) groups excluding carboxylic acids is 1. The van der Waals surface area contributed by atoms with Gasteiger partial charge in [-0.15, -0.1) is 0 Å². The van der Waals surface area contributed by atoms with Crippen LogP contribution in [-0.4, -0.2) is 49.8 Å². The van der Waals surface area contributed by atoms with Gasteiger partial charge in [-0.25, -0.2) is 4.68 Å². The van der Waals surface area contributed by atoms with Crippen LogP contribution in [0.3, 0.4) is 0 Å². The number of nitro benzene ring substituents is 1. The molecule has 0 saturated carbocycles. The van der Waals surface area contributed by atoms with Crippen molar-refractivity contribution in [2.24, 2.45) is 0 Å². The number of carbonyl (C=O) groups is 1. The highest BCUT2D eigenvalue weighted by Crippen LogP contribution is 2.22. The van der Waals surface area contributed by atoms with E-state index in [1.807, 2.05) is 0 Å². The van der Waals surface area contributed by atoms with E-state index < -0.39 is 11.0 Å². The molecule has 3 rings (SSSR count). The summed E-state index contributed by atoms with van der Waals surface area (Å²) in [6, 6.07) is 7.71. The predicted octanol–water partition coefficient (Wildman–Crippen LogP) is 0.987. The molecule has 1 fully saturated rings. The van der Waals surface area contributed by atoms with Crippen molar-refractivity contribution in [3.05, 3.63) is 52.3 Å². The molecule has 2 heterocycles. The van der Waals surface area contributed by atoms with Crippen LogP contribution in [0.25, 0.3) is 5.69 Å². The number of nitro groups is 1. The Hall–Kier alpha value is -2.74. The largest absolute Gasteiger partial charge is 0.391 e. The lowest BCUT2D eigenvalue weighted by molar-refractivity contribution is -0.384. The Balaban J connectivity index is 1.88. The maximum absolute atomic E-state index is 12.3. The fraction of sp³-hybridized carbons (Fsp3) is 0.286. The lowest BCUT2D eigenvalue weighted by Gasteiger charge is -2.13. The standard InChI is InChI=1S/C14H14N4O4/c19-10-5-7-16(9-10)14(20)11-6-8-17(15-11)12-3-1-2-4-13(12)18(21)22/h1-4,6,8,10,19H,5,7,9H2/t10-/m1/s1. The quantitative estimate of drug-likeness (QED) is 0.673. The summed E-state index contributed by atoms with van der Waals surface area (Å²) in [7, 11) is 0. The number of amides is 1. The molecule has 1 saturated heterocycles. The second kappa shape index (κ2) is 5.57. The first kappa shape index (κ1) is 14.2. The van der Waals surface area contributed by atoms with Crippen LogP contribution in [0.4, 0.5) is 5.69 Å². The molecule has 1 atom stereocenters. The summed E-state index contributed by atoms with van der Waals surface area (Å²) in [5, 5.41) is 24.7. The van der Waals surface area contributed by atoms with Crippen LogP contribution in [0.1, 0.15) is 16.9 Å². The van der Waals surface area contributed by atoms with E-state index in [2.05, 4.69) is 5.10 Å². The number of aliphatic hydroxyl groups excluding tert-OH is 1. The number of likely N-dealkylation sites (tertiary alicyclic amines) is 1. The Kier molecular flexibility index (Phi) is 3.60. The average molecular weight is 302 g/mol. The summed E-state index contributed by atoms with van der Waals surface area (Å²) in [4.78, 5) is 24.3. The predicted molar refractivity (Wildman–Crippen MR) is 76.7 cm³/mol. The zero-order chi connectivity index (χ0) is 15.7. The van der Waals surface area contributed by atoms with Crippen LogP contribution in [0, 0.1) is 10.1 Å². The van der Waals surface area contributed by atoms with Crippen molar-refractivity contribution in [1.82, 2.24) is 14.7 Å². The van der Waals surface area contributed by atoms with E-state index in [0.717, 1.165) is 0 Å². The van der Waals surface area contributed by atoms with Crippen molar-refractivity contribution in [2.45, 2.75) is 12.5 Å². The van der Waals surface area contributed by atoms with Crippen LogP contribution in [0.5, 0.6) is 0 Å². The molecule has 1 aliphatic rings. The summed E-state index contributed by atoms with van der Waals surface area (Å²) in [5.41, 5.74) is 0.418. The topological polar surface area (TPSA) is 102 Å². The van der Waals surface area contributed by atoms with E-state index in [9.17, 15) is 20.0 Å². The fourth-order valence-electron chi connectivity index (χ4n) is 2.47. The molecule has 0 spiro atoms. The van der Waals surface area contributed by atoms with E-state index in [1.54, 1.807) is 18.2 Å². The molecule has 1 aromatic carbocycles. The van der Waals surface area contributed by atoms with Crippen molar-refractivity contribution in [3.63, 3.8) is 0 Å². The molecule has 8 heteroatoms. The van der Waals surface area contributed by atoms with Gasteiger partial charge in [0.15, 0.2) is 5.69 Å². The van der Waals surface area contributed by atoms with E-state index in [1.165, 1.54) is 27.9 Å². The molecule has 8 nitrogen and oxygen atoms in total. The number of rotatable bonds is 3. The van der Waals surface area contributed by atoms with Crippen LogP contribution >= 0.6 is 0 Å². The number of hydrogen-bond acceptors (Lipinski definition) is 5. The molecule has 0 aliphatic carbocycles. The zero-order valence-corrected chi connectivity index (χ0v) is 11.6. The Morgan fingerprint density at radius 1 is 1.36 bits per heavy atom. The first-order valence-electron chi connectivity index (χ1n) is 6.83. The number of para-hydroxylation sites is 2. The number of hydrogen-bond donors (Lipinski definition) is 1. The normalized spacial score (nSPS) is 17.7. The minimum absolute atomic E-state index is 0.0822. The van der Waals surface area contributed by atoms with Crippen LogP contribution in [0.15, 0.2) is 36.5 Å². The van der Waals surface area contributed by atoms with E-state index in [0.29, 0.717) is 18.7 Å². The highest BCUT2D eigenvalue weighted by Gasteiger charge is 2.27. The monoisotopic (exact) mass is 302 g/mol. The molecule has 0 radical (unpaired) electrons. The van der Waals surface area contributed by atoms with Gasteiger partial charge in [0.2, 0.25) is 0 Å². The molecule has 114 valence electrons. The number of β-amino-alcohol motifs (C(OH)–C–C–N with tert-alkyl or cyclic N) is 1. The lowest BCUT2D eigenvalue weighted by Crippen LogP contribution is -2.29. The first-order valence-corrected chi connectivity index (χ1v) is 6.83. The Morgan fingerprint density at radius 3 is 2.82 bits per heavy atom. The van der Waals surface area contributed by atoms with Crippen molar-refractivity contribution in [1.29, 1.82) is 0 Å². The highest BCUT2D eigenvalue weighted by atomic mass is 16.6. The number of aromatic nitrogens is 2. The van der Waals surface area contributed by atoms with E-state index in [4.69, 9.17) is 0 Å². The maximum Gasteiger partial charge on any atom is 0.294 e. The van der Waals surface area contributed by atoms with Crippen molar-refractivity contribution >= 4 is 11.6 Å². The Bertz CT molecular complexity index is 727. The first-order chi connectivity index (χ1) is 10.6. The van der Waals surface area contributed by atoms with Gasteiger partial charge in [0.1, 0.15) is 5.69 Å². The van der Waals surface area contributed by atoms with E-state index in [-0.39, 0.29) is 23.8 Å². The van der Waals surface area contributed by atoms with Gasteiger partial charge in [-0.2, -0.15) is 5.10 Å². The van der Waals surface area contributed by atoms with Crippen molar-refractivity contribution in [2.75, 3.05) is 13.1 Å². The summed E-state index contributed by atoms with van der Waals surface area (Å²) in [6.45, 7) is 0.773. The van der Waals surface area contributed by atoms with Gasteiger partial charge in [0, 0.05) is 25.4 Å². The SMILES string of the molecule is O=C(c1ccn(-c2ccccc2[N+](=O)[O-])n1)N1CC[C@@H](O)C1. The molecule has 1 aliphatic heterocycles. The Labute approximate surface area is 125 Å². The third-order valence-electron chi connectivity index (χ3n) is 3.58. The van der Waals surface area contributed by atoms with Crippen LogP contribution in [0.2, 0.25) is 0 Å². The molecular formula is C14H14N4O4. The van der Waals surface area contributed by atoms with Crippen molar-refractivity contribution < 1.29 is 14.8 Å². The Morgan fingerprint density at radius 2 is 2.14 bits per heavy atom. The van der Waals surface area contributed by atoms with Gasteiger partial charge in [0.05, 0.1) is 11.0 Å². The maximum atomic E-state index is 12.3. The summed E-state index contributed by atoms with van der Waals surface area (Å²) in [5.74, 6) is -0.283. The highest BCUT2D eigenvalue weighted by molar-refractivity contribution is 5.92. The number of nitrogens with zero attached hydrogens (tertiary/aromatic N) is 4. The smallest absolute Gasteiger partial charge is 0.294 e. The second-order valence-electron chi connectivity index (χ2n) is 5.09. The minimum atomic E-state index is -0.499. The molecule has 22 heavy (non-hydrogen) atoms. The summed E-state index contributed by atoms with van der Waals surface area (Å²) in [6.07, 6.45) is 1.57. The minimum Gasteiger partial charge on any atom is -0.391 e. The number of benzene rings is 1. The fourth-order valence-corrected chi connectivity index (χ4v) is 2.47. The molecule has 1 N–H and O–H groups in total. The molecule has 1 aromatic heterocycles. The third-order valence-corrected chi connectivity index (χ3v) is 3.58. The molecule has 2 aromatic rings. The molecule has 0 unspecified atom stereocenters. The number of aliphatic hydroxyl groups is 1. The van der Waals surface area contributed by atoms with E-state index >= 15 is 0 Å². The van der Waals surface area contributed by atoms with Gasteiger partial charge in [0.25, 0.3) is 11.6 Å². The van der Waals surface area contributed by atoms with Gasteiger partial charge < -0.3 is 10.0 Å². The van der Waals surface area contributed by atoms with Crippen LogP contribution in [-0.2, 0) is 0 Å². The zero-order valence-electron chi connectivity index (χ0n) is 11.6. The van der Waals surface area contributed by atoms with Gasteiger partial charge >= 0.3 is 0 Å².